The standard InChI is InChI=1S/C21H31NO3/c1-3-19-17(8-6-12-25-19)20(23)22-15-21(10-13-24-14-11-21)18-9-5-4-7-16(18)2/h4-5,7,9,17,19H,3,6,8,10-15H2,1-2H3,(H,22,23). The van der Waals surface area contributed by atoms with Crippen molar-refractivity contribution < 1.29 is 14.3 Å². The van der Waals surface area contributed by atoms with Gasteiger partial charge in [0.25, 0.3) is 0 Å². The van der Waals surface area contributed by atoms with E-state index in [0.717, 1.165) is 51.9 Å². The van der Waals surface area contributed by atoms with Gasteiger partial charge in [0.2, 0.25) is 5.91 Å². The number of nitrogens with one attached hydrogen (secondary N) is 1. The van der Waals surface area contributed by atoms with Crippen LogP contribution in [0, 0.1) is 12.8 Å². The number of benzene rings is 1. The molecule has 0 aliphatic carbocycles. The quantitative estimate of drug-likeness (QED) is 0.890. The highest BCUT2D eigenvalue weighted by molar-refractivity contribution is 5.79. The Kier molecular flexibility index (Phi) is 6.13. The van der Waals surface area contributed by atoms with E-state index in [4.69, 9.17) is 9.47 Å². The second-order valence-corrected chi connectivity index (χ2v) is 7.49. The van der Waals surface area contributed by atoms with E-state index in [1.54, 1.807) is 0 Å². The molecule has 4 nitrogen and oxygen atoms in total. The first-order chi connectivity index (χ1) is 12.2. The van der Waals surface area contributed by atoms with Crippen molar-refractivity contribution in [3.63, 3.8) is 0 Å². The van der Waals surface area contributed by atoms with Crippen LogP contribution >= 0.6 is 0 Å². The van der Waals surface area contributed by atoms with Crippen LogP contribution in [-0.2, 0) is 19.7 Å². The van der Waals surface area contributed by atoms with E-state index >= 15 is 0 Å². The minimum atomic E-state index is -0.0174. The zero-order valence-corrected chi connectivity index (χ0v) is 15.6. The molecule has 2 atom stereocenters. The smallest absolute Gasteiger partial charge is 0.225 e. The van der Waals surface area contributed by atoms with Gasteiger partial charge in [0, 0.05) is 31.8 Å². The maximum atomic E-state index is 12.8. The van der Waals surface area contributed by atoms with Gasteiger partial charge in [-0.3, -0.25) is 4.79 Å². The first-order valence-electron chi connectivity index (χ1n) is 9.69. The van der Waals surface area contributed by atoms with Gasteiger partial charge in [-0.15, -0.1) is 0 Å². The molecule has 0 radical (unpaired) electrons. The van der Waals surface area contributed by atoms with Crippen LogP contribution in [0.25, 0.3) is 0 Å². The summed E-state index contributed by atoms with van der Waals surface area (Å²) < 4.78 is 11.4. The Hall–Kier alpha value is -1.39. The fourth-order valence-corrected chi connectivity index (χ4v) is 4.40. The van der Waals surface area contributed by atoms with Gasteiger partial charge >= 0.3 is 0 Å². The molecule has 1 amide bonds. The van der Waals surface area contributed by atoms with Crippen LogP contribution in [0.2, 0.25) is 0 Å². The van der Waals surface area contributed by atoms with E-state index in [9.17, 15) is 4.79 Å². The molecule has 0 bridgehead atoms. The van der Waals surface area contributed by atoms with E-state index in [0.29, 0.717) is 6.54 Å². The maximum absolute atomic E-state index is 12.8. The molecule has 1 aromatic carbocycles. The lowest BCUT2D eigenvalue weighted by atomic mass is 9.72. The molecule has 0 aromatic heterocycles. The number of aryl methyl sites for hydroxylation is 1. The van der Waals surface area contributed by atoms with Crippen LogP contribution in [0.4, 0.5) is 0 Å². The summed E-state index contributed by atoms with van der Waals surface area (Å²) in [5.41, 5.74) is 2.63. The number of carbonyl (C=O) groups is 1. The zero-order valence-electron chi connectivity index (χ0n) is 15.6. The molecule has 3 rings (SSSR count). The highest BCUT2D eigenvalue weighted by Crippen LogP contribution is 2.36. The van der Waals surface area contributed by atoms with Gasteiger partial charge in [0.05, 0.1) is 12.0 Å². The van der Waals surface area contributed by atoms with E-state index in [1.807, 2.05) is 0 Å². The molecule has 4 heteroatoms. The van der Waals surface area contributed by atoms with E-state index in [-0.39, 0.29) is 23.3 Å². The Labute approximate surface area is 151 Å². The van der Waals surface area contributed by atoms with Gasteiger partial charge < -0.3 is 14.8 Å². The second kappa shape index (κ2) is 8.33. The molecule has 0 spiro atoms. The average molecular weight is 345 g/mol. The van der Waals surface area contributed by atoms with Gasteiger partial charge in [0.1, 0.15) is 0 Å². The predicted molar refractivity (Wildman–Crippen MR) is 98.7 cm³/mol. The topological polar surface area (TPSA) is 47.6 Å². The summed E-state index contributed by atoms with van der Waals surface area (Å²) >= 11 is 0. The third-order valence-electron chi connectivity index (χ3n) is 5.95. The van der Waals surface area contributed by atoms with Crippen LogP contribution in [-0.4, -0.2) is 38.4 Å². The van der Waals surface area contributed by atoms with Crippen LogP contribution in [0.3, 0.4) is 0 Å². The van der Waals surface area contributed by atoms with E-state index in [1.165, 1.54) is 11.1 Å². The molecule has 2 unspecified atom stereocenters. The molecule has 1 aromatic rings. The Balaban J connectivity index is 1.73. The fraction of sp³-hybridized carbons (Fsp3) is 0.667. The Morgan fingerprint density at radius 3 is 2.72 bits per heavy atom. The molecule has 25 heavy (non-hydrogen) atoms. The minimum Gasteiger partial charge on any atom is -0.381 e. The van der Waals surface area contributed by atoms with Crippen LogP contribution in [0.15, 0.2) is 24.3 Å². The highest BCUT2D eigenvalue weighted by atomic mass is 16.5. The maximum Gasteiger partial charge on any atom is 0.225 e. The molecule has 2 heterocycles. The second-order valence-electron chi connectivity index (χ2n) is 7.49. The summed E-state index contributed by atoms with van der Waals surface area (Å²) in [6.45, 7) is 7.25. The lowest BCUT2D eigenvalue weighted by molar-refractivity contribution is -0.134. The first kappa shape index (κ1) is 18.4. The predicted octanol–water partition coefficient (Wildman–Crippen LogP) is 3.36. The Morgan fingerprint density at radius 2 is 2.00 bits per heavy atom. The summed E-state index contributed by atoms with van der Waals surface area (Å²) in [6, 6.07) is 8.56. The van der Waals surface area contributed by atoms with Crippen molar-refractivity contribution in [3.8, 4) is 0 Å². The summed E-state index contributed by atoms with van der Waals surface area (Å²) in [5.74, 6) is 0.151. The van der Waals surface area contributed by atoms with Gasteiger partial charge in [-0.05, 0) is 50.2 Å². The van der Waals surface area contributed by atoms with Crippen molar-refractivity contribution >= 4 is 5.91 Å². The van der Waals surface area contributed by atoms with Crippen molar-refractivity contribution in [2.45, 2.75) is 57.5 Å². The average Bonchev–Trinajstić information content (AvgIpc) is 2.67. The fourth-order valence-electron chi connectivity index (χ4n) is 4.40. The van der Waals surface area contributed by atoms with E-state index < -0.39 is 0 Å². The zero-order chi connectivity index (χ0) is 17.7. The summed E-state index contributed by atoms with van der Waals surface area (Å²) in [5, 5.41) is 3.28. The normalized spacial score (nSPS) is 26.2. The monoisotopic (exact) mass is 345 g/mol. The van der Waals surface area contributed by atoms with Crippen molar-refractivity contribution in [1.82, 2.24) is 5.32 Å². The van der Waals surface area contributed by atoms with Gasteiger partial charge in [-0.2, -0.15) is 0 Å². The molecule has 2 aliphatic rings. The van der Waals surface area contributed by atoms with E-state index in [2.05, 4.69) is 43.4 Å². The number of hydrogen-bond acceptors (Lipinski definition) is 3. The number of carbonyl (C=O) groups excluding carboxylic acids is 1. The van der Waals surface area contributed by atoms with Gasteiger partial charge in [-0.25, -0.2) is 0 Å². The molecule has 2 saturated heterocycles. The molecule has 1 N–H and O–H groups in total. The first-order valence-corrected chi connectivity index (χ1v) is 9.69. The third-order valence-corrected chi connectivity index (χ3v) is 5.95. The lowest BCUT2D eigenvalue weighted by Crippen LogP contribution is -2.48. The van der Waals surface area contributed by atoms with Gasteiger partial charge in [-0.1, -0.05) is 31.2 Å². The number of rotatable bonds is 5. The van der Waals surface area contributed by atoms with Crippen molar-refractivity contribution in [2.24, 2.45) is 5.92 Å². The Morgan fingerprint density at radius 1 is 1.24 bits per heavy atom. The molecular weight excluding hydrogens is 314 g/mol. The van der Waals surface area contributed by atoms with Crippen LogP contribution in [0.5, 0.6) is 0 Å². The SMILES string of the molecule is CCC1OCCCC1C(=O)NCC1(c2ccccc2C)CCOCC1. The molecule has 2 fully saturated rings. The van der Waals surface area contributed by atoms with Crippen LogP contribution < -0.4 is 5.32 Å². The third kappa shape index (κ3) is 4.06. The molecule has 0 saturated carbocycles. The number of hydrogen-bond donors (Lipinski definition) is 1. The number of ether oxygens (including phenoxy) is 2. The van der Waals surface area contributed by atoms with Crippen LogP contribution in [0.1, 0.15) is 50.2 Å². The highest BCUT2D eigenvalue weighted by Gasteiger charge is 2.37. The van der Waals surface area contributed by atoms with Crippen molar-refractivity contribution in [2.75, 3.05) is 26.4 Å². The largest absolute Gasteiger partial charge is 0.381 e. The Bertz CT molecular complexity index is 580. The summed E-state index contributed by atoms with van der Waals surface area (Å²) in [4.78, 5) is 12.8. The van der Waals surface area contributed by atoms with Gasteiger partial charge in [0.15, 0.2) is 0 Å². The van der Waals surface area contributed by atoms with Crippen molar-refractivity contribution in [3.05, 3.63) is 35.4 Å². The lowest BCUT2D eigenvalue weighted by Gasteiger charge is -2.39. The minimum absolute atomic E-state index is 0.00693. The summed E-state index contributed by atoms with van der Waals surface area (Å²) in [6.07, 6.45) is 4.79. The summed E-state index contributed by atoms with van der Waals surface area (Å²) in [7, 11) is 0. The number of amides is 1. The molecular formula is C21H31NO3. The molecule has 2 aliphatic heterocycles. The van der Waals surface area contributed by atoms with Crippen molar-refractivity contribution in [1.29, 1.82) is 0 Å². The molecule has 138 valence electrons.